The van der Waals surface area contributed by atoms with Crippen molar-refractivity contribution in [2.45, 2.75) is 33.6 Å². The molecule has 0 fully saturated rings. The van der Waals surface area contributed by atoms with E-state index < -0.39 is 0 Å². The number of aromatic nitrogens is 2. The van der Waals surface area contributed by atoms with Gasteiger partial charge in [0.2, 0.25) is 0 Å². The van der Waals surface area contributed by atoms with Gasteiger partial charge in [0.1, 0.15) is 0 Å². The lowest BCUT2D eigenvalue weighted by Gasteiger charge is -2.21. The maximum atomic E-state index is 4.36. The average Bonchev–Trinajstić information content (AvgIpc) is 2.57. The van der Waals surface area contributed by atoms with Crippen molar-refractivity contribution in [1.82, 2.24) is 15.1 Å². The molecule has 2 rings (SSSR count). The van der Waals surface area contributed by atoms with Crippen LogP contribution in [0.4, 0.5) is 5.82 Å². The number of benzene rings is 1. The normalized spacial score (nSPS) is 11.0. The predicted molar refractivity (Wildman–Crippen MR) is 97.7 cm³/mol. The molecule has 0 aliphatic rings. The van der Waals surface area contributed by atoms with E-state index in [0.717, 1.165) is 48.8 Å². The van der Waals surface area contributed by atoms with E-state index in [1.807, 2.05) is 18.2 Å². The molecule has 1 aromatic heterocycles. The summed E-state index contributed by atoms with van der Waals surface area (Å²) in [5, 5.41) is 12.1. The van der Waals surface area contributed by atoms with Crippen molar-refractivity contribution in [3.8, 4) is 11.3 Å². The SMILES string of the molecule is CCCN(CCC)CCNc1nnc(-c2ccccc2)cc1C. The zero-order chi connectivity index (χ0) is 16.5. The second kappa shape index (κ2) is 9.26. The first-order valence-corrected chi connectivity index (χ1v) is 8.60. The summed E-state index contributed by atoms with van der Waals surface area (Å²) in [7, 11) is 0. The van der Waals surface area contributed by atoms with Crippen LogP contribution in [0.2, 0.25) is 0 Å². The van der Waals surface area contributed by atoms with Crippen molar-refractivity contribution < 1.29 is 0 Å². The van der Waals surface area contributed by atoms with Crippen molar-refractivity contribution in [2.75, 3.05) is 31.5 Å². The maximum absolute atomic E-state index is 4.36. The van der Waals surface area contributed by atoms with Crippen molar-refractivity contribution >= 4 is 5.82 Å². The summed E-state index contributed by atoms with van der Waals surface area (Å²) in [5.41, 5.74) is 3.16. The Hall–Kier alpha value is -1.94. The first kappa shape index (κ1) is 17.4. The van der Waals surface area contributed by atoms with E-state index in [1.54, 1.807) is 0 Å². The molecule has 4 heteroatoms. The lowest BCUT2D eigenvalue weighted by molar-refractivity contribution is 0.285. The van der Waals surface area contributed by atoms with Crippen molar-refractivity contribution in [3.05, 3.63) is 42.0 Å². The van der Waals surface area contributed by atoms with Gasteiger partial charge in [-0.15, -0.1) is 10.2 Å². The molecule has 0 bridgehead atoms. The Kier molecular flexibility index (Phi) is 7.01. The largest absolute Gasteiger partial charge is 0.367 e. The van der Waals surface area contributed by atoms with E-state index in [2.05, 4.69) is 59.4 Å². The summed E-state index contributed by atoms with van der Waals surface area (Å²) in [5.74, 6) is 0.887. The molecule has 1 N–H and O–H groups in total. The second-order valence-corrected chi connectivity index (χ2v) is 5.90. The lowest BCUT2D eigenvalue weighted by Crippen LogP contribution is -2.30. The van der Waals surface area contributed by atoms with Crippen molar-refractivity contribution in [3.63, 3.8) is 0 Å². The lowest BCUT2D eigenvalue weighted by atomic mass is 10.1. The minimum absolute atomic E-state index is 0.887. The van der Waals surface area contributed by atoms with E-state index in [1.165, 1.54) is 12.8 Å². The van der Waals surface area contributed by atoms with Gasteiger partial charge < -0.3 is 10.2 Å². The Balaban J connectivity index is 1.93. The van der Waals surface area contributed by atoms with Gasteiger partial charge in [-0.05, 0) is 44.5 Å². The number of hydrogen-bond acceptors (Lipinski definition) is 4. The topological polar surface area (TPSA) is 41.0 Å². The first-order valence-electron chi connectivity index (χ1n) is 8.60. The number of nitrogens with zero attached hydrogens (tertiary/aromatic N) is 3. The summed E-state index contributed by atoms with van der Waals surface area (Å²) < 4.78 is 0. The summed E-state index contributed by atoms with van der Waals surface area (Å²) in [4.78, 5) is 2.49. The van der Waals surface area contributed by atoms with Crippen LogP contribution in [-0.2, 0) is 0 Å². The van der Waals surface area contributed by atoms with Crippen LogP contribution in [-0.4, -0.2) is 41.3 Å². The highest BCUT2D eigenvalue weighted by Crippen LogP contribution is 2.19. The van der Waals surface area contributed by atoms with Crippen LogP contribution in [0.15, 0.2) is 36.4 Å². The third-order valence-electron chi connectivity index (χ3n) is 3.85. The number of aryl methyl sites for hydroxylation is 1. The standard InChI is InChI=1S/C19H28N4/c1-4-12-23(13-5-2)14-11-20-19-16(3)15-18(21-22-19)17-9-7-6-8-10-17/h6-10,15H,4-5,11-14H2,1-3H3,(H,20,22). The van der Waals surface area contributed by atoms with Gasteiger partial charge in [-0.2, -0.15) is 0 Å². The third-order valence-corrected chi connectivity index (χ3v) is 3.85. The molecule has 1 aromatic carbocycles. The summed E-state index contributed by atoms with van der Waals surface area (Å²) in [6, 6.07) is 12.3. The molecule has 0 saturated carbocycles. The Bertz CT molecular complexity index is 577. The zero-order valence-electron chi connectivity index (χ0n) is 14.5. The minimum Gasteiger partial charge on any atom is -0.367 e. The molecule has 23 heavy (non-hydrogen) atoms. The summed E-state index contributed by atoms with van der Waals surface area (Å²) in [6.07, 6.45) is 2.40. The second-order valence-electron chi connectivity index (χ2n) is 5.90. The molecule has 0 atom stereocenters. The van der Waals surface area contributed by atoms with Gasteiger partial charge in [-0.25, -0.2) is 0 Å². The molecular weight excluding hydrogens is 284 g/mol. The fourth-order valence-electron chi connectivity index (χ4n) is 2.71. The number of hydrogen-bond donors (Lipinski definition) is 1. The number of nitrogens with one attached hydrogen (secondary N) is 1. The Morgan fingerprint density at radius 2 is 1.65 bits per heavy atom. The predicted octanol–water partition coefficient (Wildman–Crippen LogP) is 3.99. The van der Waals surface area contributed by atoms with Gasteiger partial charge in [0.05, 0.1) is 5.69 Å². The Morgan fingerprint density at radius 1 is 0.957 bits per heavy atom. The fraction of sp³-hybridized carbons (Fsp3) is 0.474. The summed E-state index contributed by atoms with van der Waals surface area (Å²) in [6.45, 7) is 10.8. The molecule has 0 saturated heterocycles. The zero-order valence-corrected chi connectivity index (χ0v) is 14.5. The molecule has 0 aliphatic heterocycles. The van der Waals surface area contributed by atoms with E-state index in [0.29, 0.717) is 0 Å². The molecule has 1 heterocycles. The molecule has 0 aliphatic carbocycles. The van der Waals surface area contributed by atoms with Gasteiger partial charge in [-0.3, -0.25) is 0 Å². The molecule has 0 spiro atoms. The molecule has 0 unspecified atom stereocenters. The smallest absolute Gasteiger partial charge is 0.151 e. The van der Waals surface area contributed by atoms with Crippen LogP contribution < -0.4 is 5.32 Å². The highest BCUT2D eigenvalue weighted by atomic mass is 15.2. The average molecular weight is 312 g/mol. The van der Waals surface area contributed by atoms with Gasteiger partial charge in [0, 0.05) is 18.7 Å². The van der Waals surface area contributed by atoms with Crippen LogP contribution in [0.5, 0.6) is 0 Å². The van der Waals surface area contributed by atoms with Crippen molar-refractivity contribution in [1.29, 1.82) is 0 Å². The maximum Gasteiger partial charge on any atom is 0.151 e. The van der Waals surface area contributed by atoms with Gasteiger partial charge in [0.25, 0.3) is 0 Å². The minimum atomic E-state index is 0.887. The highest BCUT2D eigenvalue weighted by molar-refractivity contribution is 5.61. The summed E-state index contributed by atoms with van der Waals surface area (Å²) >= 11 is 0. The van der Waals surface area contributed by atoms with Crippen LogP contribution in [0.25, 0.3) is 11.3 Å². The van der Waals surface area contributed by atoms with E-state index >= 15 is 0 Å². The molecule has 0 radical (unpaired) electrons. The van der Waals surface area contributed by atoms with Gasteiger partial charge >= 0.3 is 0 Å². The molecule has 124 valence electrons. The monoisotopic (exact) mass is 312 g/mol. The van der Waals surface area contributed by atoms with Crippen LogP contribution in [0.3, 0.4) is 0 Å². The Labute approximate surface area is 139 Å². The molecule has 0 amide bonds. The van der Waals surface area contributed by atoms with E-state index in [-0.39, 0.29) is 0 Å². The van der Waals surface area contributed by atoms with Crippen LogP contribution >= 0.6 is 0 Å². The molecule has 4 nitrogen and oxygen atoms in total. The highest BCUT2D eigenvalue weighted by Gasteiger charge is 2.06. The quantitative estimate of drug-likeness (QED) is 0.760. The van der Waals surface area contributed by atoms with Crippen molar-refractivity contribution in [2.24, 2.45) is 0 Å². The fourth-order valence-corrected chi connectivity index (χ4v) is 2.71. The van der Waals surface area contributed by atoms with Crippen LogP contribution in [0.1, 0.15) is 32.3 Å². The third kappa shape index (κ3) is 5.32. The number of rotatable bonds is 9. The van der Waals surface area contributed by atoms with Crippen LogP contribution in [0, 0.1) is 6.92 Å². The van der Waals surface area contributed by atoms with E-state index in [9.17, 15) is 0 Å². The Morgan fingerprint density at radius 3 is 2.26 bits per heavy atom. The van der Waals surface area contributed by atoms with E-state index in [4.69, 9.17) is 0 Å². The molecule has 2 aromatic rings. The molecular formula is C19H28N4. The van der Waals surface area contributed by atoms with Gasteiger partial charge in [0.15, 0.2) is 5.82 Å². The first-order chi connectivity index (χ1) is 11.2. The number of anilines is 1. The van der Waals surface area contributed by atoms with Gasteiger partial charge in [-0.1, -0.05) is 44.2 Å².